The van der Waals surface area contributed by atoms with Crippen molar-refractivity contribution in [1.29, 1.82) is 0 Å². The second-order valence-electron chi connectivity index (χ2n) is 16.4. The van der Waals surface area contributed by atoms with Crippen LogP contribution in [-0.2, 0) is 4.79 Å². The summed E-state index contributed by atoms with van der Waals surface area (Å²) in [5, 5.41) is 27.0. The van der Waals surface area contributed by atoms with E-state index in [4.69, 9.17) is 66.1 Å². The quantitative estimate of drug-likeness (QED) is 0.0620. The second kappa shape index (κ2) is 27.6. The van der Waals surface area contributed by atoms with Crippen LogP contribution in [0.25, 0.3) is 0 Å². The van der Waals surface area contributed by atoms with E-state index in [9.17, 15) is 9.59 Å². The van der Waals surface area contributed by atoms with Gasteiger partial charge in [-0.25, -0.2) is 9.59 Å². The fourth-order valence-corrected chi connectivity index (χ4v) is 8.95. The number of nitrogens with one attached hydrogen (secondary N) is 2. The molecular weight excluding hydrogens is 970 g/mol. The molecule has 6 aromatic carbocycles. The first-order valence-corrected chi connectivity index (χ1v) is 24.5. The first-order chi connectivity index (χ1) is 34.0. The minimum atomic E-state index is -0.111. The number of carbonyl (C=O) groups excluding carboxylic acids is 2. The van der Waals surface area contributed by atoms with Crippen LogP contribution in [0.1, 0.15) is 60.3 Å². The van der Waals surface area contributed by atoms with Crippen LogP contribution in [0.2, 0.25) is 20.1 Å². The van der Waals surface area contributed by atoms with Crippen LogP contribution in [0.4, 0.5) is 16.2 Å². The van der Waals surface area contributed by atoms with Crippen molar-refractivity contribution < 1.29 is 29.3 Å². The zero-order chi connectivity index (χ0) is 49.8. The van der Waals surface area contributed by atoms with Crippen molar-refractivity contribution >= 4 is 69.9 Å². The molecule has 2 aliphatic rings. The maximum Gasteiger partial charge on any atom is 0.318 e. The molecule has 70 heavy (non-hydrogen) atoms. The first-order valence-electron chi connectivity index (χ1n) is 23.0. The van der Waals surface area contributed by atoms with Gasteiger partial charge >= 0.3 is 6.03 Å². The summed E-state index contributed by atoms with van der Waals surface area (Å²) in [5.74, 6) is 1.26. The average molecular weight is 1030 g/mol. The van der Waals surface area contributed by atoms with Gasteiger partial charge in [-0.3, -0.25) is 0 Å². The summed E-state index contributed by atoms with van der Waals surface area (Å²) in [6, 6.07) is 46.2. The zero-order valence-corrected chi connectivity index (χ0v) is 42.1. The average Bonchev–Trinajstić information content (AvgIpc) is 3.39. The van der Waals surface area contributed by atoms with Crippen molar-refractivity contribution in [2.75, 3.05) is 75.5 Å². The Labute approximate surface area is 430 Å². The third-order valence-corrected chi connectivity index (χ3v) is 12.9. The SMILES string of the molecule is C[C@@H](N=C=O)c1ccccc1.C[C@@H](NC(=O)N1CCN(c2ccc(OCCO)cc2Cl)[C@H](c2ccc(Cl)cc2)C1)c1ccccc1.OCCOc1ccc(N2CCNC[C@H]2c2ccc(Cl)cc2)c(Cl)c1. The molecule has 2 fully saturated rings. The van der Waals surface area contributed by atoms with Crippen molar-refractivity contribution in [2.45, 2.75) is 38.0 Å². The van der Waals surface area contributed by atoms with Gasteiger partial charge in [0, 0.05) is 61.4 Å². The molecule has 0 aliphatic carbocycles. The molecule has 368 valence electrons. The zero-order valence-electron chi connectivity index (χ0n) is 39.1. The highest BCUT2D eigenvalue weighted by molar-refractivity contribution is 6.34. The van der Waals surface area contributed by atoms with E-state index in [1.54, 1.807) is 18.2 Å². The van der Waals surface area contributed by atoms with Crippen molar-refractivity contribution in [3.63, 3.8) is 0 Å². The Bertz CT molecular complexity index is 2590. The molecule has 0 aromatic heterocycles. The van der Waals surface area contributed by atoms with E-state index in [1.165, 1.54) is 5.56 Å². The molecule has 6 aromatic rings. The number of anilines is 2. The minimum Gasteiger partial charge on any atom is -0.491 e. The molecule has 12 nitrogen and oxygen atoms in total. The van der Waals surface area contributed by atoms with Crippen molar-refractivity contribution in [1.82, 2.24) is 15.5 Å². The molecule has 2 saturated heterocycles. The van der Waals surface area contributed by atoms with Crippen LogP contribution in [-0.4, -0.2) is 92.9 Å². The van der Waals surface area contributed by atoms with Gasteiger partial charge in [0.25, 0.3) is 0 Å². The van der Waals surface area contributed by atoms with Gasteiger partial charge in [0.05, 0.1) is 58.8 Å². The normalized spacial score (nSPS) is 16.3. The van der Waals surface area contributed by atoms with E-state index < -0.39 is 0 Å². The molecule has 4 N–H and O–H groups in total. The van der Waals surface area contributed by atoms with Gasteiger partial charge in [-0.2, -0.15) is 4.99 Å². The van der Waals surface area contributed by atoms with Crippen molar-refractivity contribution in [3.05, 3.63) is 188 Å². The van der Waals surface area contributed by atoms with Crippen molar-refractivity contribution in [3.8, 4) is 11.5 Å². The van der Waals surface area contributed by atoms with E-state index in [0.717, 1.165) is 52.7 Å². The summed E-state index contributed by atoms with van der Waals surface area (Å²) in [6.45, 7) is 8.51. The number of aliphatic imine (C=N–C) groups is 1. The number of nitrogens with zero attached hydrogens (tertiary/aromatic N) is 4. The van der Waals surface area contributed by atoms with E-state index >= 15 is 0 Å². The lowest BCUT2D eigenvalue weighted by atomic mass is 10.0. The molecular formula is C54H58Cl4N6O6. The number of isocyanates is 1. The number of ether oxygens (including phenoxy) is 2. The molecule has 0 unspecified atom stereocenters. The maximum absolute atomic E-state index is 13.2. The molecule has 0 radical (unpaired) electrons. The number of halogens is 4. The molecule has 2 aliphatic heterocycles. The Morgan fingerprint density at radius 1 is 0.686 bits per heavy atom. The predicted molar refractivity (Wildman–Crippen MR) is 282 cm³/mol. The van der Waals surface area contributed by atoms with Gasteiger partial charge in [0.1, 0.15) is 24.7 Å². The van der Waals surface area contributed by atoms with E-state index in [0.29, 0.717) is 46.2 Å². The van der Waals surface area contributed by atoms with Crippen LogP contribution < -0.4 is 29.9 Å². The Morgan fingerprint density at radius 3 is 1.69 bits per heavy atom. The largest absolute Gasteiger partial charge is 0.491 e. The number of piperazine rings is 2. The molecule has 0 saturated carbocycles. The van der Waals surface area contributed by atoms with Crippen LogP contribution >= 0.6 is 46.4 Å². The lowest BCUT2D eigenvalue weighted by Crippen LogP contribution is -2.53. The fraction of sp³-hybridized carbons (Fsp3) is 0.296. The van der Waals surface area contributed by atoms with Crippen LogP contribution in [0.15, 0.2) is 151 Å². The van der Waals surface area contributed by atoms with Crippen molar-refractivity contribution in [2.24, 2.45) is 4.99 Å². The number of rotatable bonds is 14. The van der Waals surface area contributed by atoms with Gasteiger partial charge < -0.3 is 45.0 Å². The predicted octanol–water partition coefficient (Wildman–Crippen LogP) is 11.3. The summed E-state index contributed by atoms with van der Waals surface area (Å²) in [5.41, 5.74) is 6.18. The minimum absolute atomic E-state index is 0.0180. The number of hydrogen-bond acceptors (Lipinski definition) is 10. The topological polar surface area (TPSA) is 139 Å². The molecule has 16 heteroatoms. The Morgan fingerprint density at radius 2 is 1.19 bits per heavy atom. The van der Waals surface area contributed by atoms with Crippen LogP contribution in [0, 0.1) is 0 Å². The molecule has 4 atom stereocenters. The van der Waals surface area contributed by atoms with Crippen LogP contribution in [0.5, 0.6) is 11.5 Å². The van der Waals surface area contributed by atoms with Crippen LogP contribution in [0.3, 0.4) is 0 Å². The Kier molecular flexibility index (Phi) is 21.1. The lowest BCUT2D eigenvalue weighted by molar-refractivity contribution is 0.182. The summed E-state index contributed by atoms with van der Waals surface area (Å²) in [4.78, 5) is 33.0. The Balaban J connectivity index is 0.000000197. The third kappa shape index (κ3) is 15.4. The van der Waals surface area contributed by atoms with Gasteiger partial charge in [0.2, 0.25) is 6.08 Å². The third-order valence-electron chi connectivity index (χ3n) is 11.8. The number of hydrogen-bond donors (Lipinski definition) is 4. The van der Waals surface area contributed by atoms with Gasteiger partial charge in [0.15, 0.2) is 0 Å². The molecule has 8 rings (SSSR count). The standard InChI is InChI=1S/C27H29Cl2N3O3.C18H20Cl2N2O2.C9H9NO/c1-19(20-5-3-2-4-6-20)30-27(34)31-13-14-32(26(18-31)21-7-9-22(28)10-8-21)25-12-11-23(17-24(25)29)35-16-15-33;19-14-3-1-13(2-4-14)18-12-21-7-8-22(18)17-6-5-15(11-16(17)20)24-10-9-23;1-8(10-7-11)9-5-3-2-4-6-9/h2-12,17,19,26,33H,13-16,18H2,1H3,(H,30,34);1-6,11,18,21,23H,7-10,12H2;2-6,8H,1H3/t19-,26+;18-;8-/m101/s1. The van der Waals surface area contributed by atoms with E-state index in [1.807, 2.05) is 140 Å². The van der Waals surface area contributed by atoms with Gasteiger partial charge in [-0.15, -0.1) is 0 Å². The number of carbonyl (C=O) groups is 1. The number of aliphatic hydroxyl groups excluding tert-OH is 2. The smallest absolute Gasteiger partial charge is 0.318 e. The highest BCUT2D eigenvalue weighted by Gasteiger charge is 2.33. The molecule has 2 heterocycles. The fourth-order valence-electron chi connectivity index (χ4n) is 8.14. The second-order valence-corrected chi connectivity index (χ2v) is 18.1. The van der Waals surface area contributed by atoms with Gasteiger partial charge in [-0.05, 0) is 84.6 Å². The highest BCUT2D eigenvalue weighted by Crippen LogP contribution is 2.39. The first kappa shape index (κ1) is 53.6. The van der Waals surface area contributed by atoms with E-state index in [-0.39, 0.29) is 56.6 Å². The van der Waals surface area contributed by atoms with E-state index in [2.05, 4.69) is 37.6 Å². The molecule has 0 bridgehead atoms. The maximum atomic E-state index is 13.2. The summed E-state index contributed by atoms with van der Waals surface area (Å²) >= 11 is 25.3. The highest BCUT2D eigenvalue weighted by atomic mass is 35.5. The number of aliphatic hydroxyl groups is 2. The number of benzene rings is 6. The molecule has 0 spiro atoms. The monoisotopic (exact) mass is 1030 g/mol. The summed E-state index contributed by atoms with van der Waals surface area (Å²) < 4.78 is 10.9. The summed E-state index contributed by atoms with van der Waals surface area (Å²) in [7, 11) is 0. The van der Waals surface area contributed by atoms with Gasteiger partial charge in [-0.1, -0.05) is 131 Å². The molecule has 2 amide bonds. The number of amides is 2. The lowest BCUT2D eigenvalue weighted by Gasteiger charge is -2.43. The Hall–Kier alpha value is -5.79. The summed E-state index contributed by atoms with van der Waals surface area (Å²) in [6.07, 6.45) is 1.54. The number of urea groups is 1.